The third-order valence-corrected chi connectivity index (χ3v) is 1.84. The molecule has 0 heterocycles. The van der Waals surface area contributed by atoms with Crippen molar-refractivity contribution < 1.29 is 9.18 Å². The summed E-state index contributed by atoms with van der Waals surface area (Å²) < 4.78 is 13.3. The van der Waals surface area contributed by atoms with Gasteiger partial charge >= 0.3 is 0 Å². The molecule has 60 valence electrons. The fourth-order valence-electron chi connectivity index (χ4n) is 0.470. The van der Waals surface area contributed by atoms with Gasteiger partial charge in [-0.25, -0.2) is 4.39 Å². The molecule has 1 rings (SSSR count). The van der Waals surface area contributed by atoms with Gasteiger partial charge in [0.1, 0.15) is 12.6 Å². The van der Waals surface area contributed by atoms with Crippen molar-refractivity contribution in [3.8, 4) is 0 Å². The van der Waals surface area contributed by atoms with E-state index in [1.165, 1.54) is 6.07 Å². The lowest BCUT2D eigenvalue weighted by atomic mass is 10.4. The summed E-state index contributed by atoms with van der Waals surface area (Å²) >= 11 is 7.51. The minimum absolute atomic E-state index is 0.182. The normalized spacial score (nSPS) is 8.27. The van der Waals surface area contributed by atoms with Crippen molar-refractivity contribution in [2.45, 2.75) is 0 Å². The molecule has 0 N–H and O–H groups in total. The molecule has 0 aliphatic rings. The highest BCUT2D eigenvalue weighted by atomic mass is 127. The molecule has 0 aliphatic heterocycles. The van der Waals surface area contributed by atoms with Crippen molar-refractivity contribution in [3.05, 3.63) is 32.6 Å². The Morgan fingerprint density at radius 3 is 2.36 bits per heavy atom. The average Bonchev–Trinajstić information content (AvgIpc) is 2.02. The number of halogens is 3. The molecule has 0 saturated heterocycles. The van der Waals surface area contributed by atoms with Gasteiger partial charge in [0.15, 0.2) is 0 Å². The molecule has 0 atom stereocenters. The van der Waals surface area contributed by atoms with Gasteiger partial charge in [-0.15, -0.1) is 0 Å². The van der Waals surface area contributed by atoms with E-state index >= 15 is 0 Å². The van der Waals surface area contributed by atoms with Crippen LogP contribution in [0.3, 0.4) is 0 Å². The summed E-state index contributed by atoms with van der Waals surface area (Å²) in [7, 11) is 0. The Balaban J connectivity index is 0.000000461. The molecule has 0 aliphatic carbocycles. The van der Waals surface area contributed by atoms with Crippen LogP contribution >= 0.6 is 34.2 Å². The molecule has 0 bridgehead atoms. The molecule has 0 spiro atoms. The van der Waals surface area contributed by atoms with Gasteiger partial charge in [0.2, 0.25) is 0 Å². The topological polar surface area (TPSA) is 17.1 Å². The number of carbonyl (C=O) groups is 1. The molecule has 1 aromatic rings. The number of rotatable bonds is 0. The summed E-state index contributed by atoms with van der Waals surface area (Å²) in [6.07, 6.45) is 0. The first-order valence-corrected chi connectivity index (χ1v) is 4.05. The molecule has 0 saturated carbocycles. The highest BCUT2D eigenvalue weighted by Crippen LogP contribution is 2.16. The first-order chi connectivity index (χ1) is 5.20. The zero-order valence-electron chi connectivity index (χ0n) is 5.48. The molecule has 1 aromatic carbocycles. The lowest BCUT2D eigenvalue weighted by Gasteiger charge is -1.91. The molecular weight excluding hydrogens is 281 g/mol. The van der Waals surface area contributed by atoms with Crippen LogP contribution in [-0.4, -0.2) is 6.79 Å². The molecule has 11 heavy (non-hydrogen) atoms. The first kappa shape index (κ1) is 10.8. The monoisotopic (exact) mass is 286 g/mol. The van der Waals surface area contributed by atoms with Crippen molar-refractivity contribution in [1.29, 1.82) is 0 Å². The molecule has 1 nitrogen and oxygen atoms in total. The van der Waals surface area contributed by atoms with Gasteiger partial charge < -0.3 is 4.79 Å². The van der Waals surface area contributed by atoms with E-state index < -0.39 is 0 Å². The summed E-state index contributed by atoms with van der Waals surface area (Å²) in [4.78, 5) is 8.00. The minimum Gasteiger partial charge on any atom is -0.307 e. The SMILES string of the molecule is C=O.Fc1ccc(I)cc1Cl. The van der Waals surface area contributed by atoms with Crippen molar-refractivity contribution in [3.63, 3.8) is 0 Å². The van der Waals surface area contributed by atoms with Crippen LogP contribution in [0.25, 0.3) is 0 Å². The molecule has 0 radical (unpaired) electrons. The van der Waals surface area contributed by atoms with Crippen LogP contribution in [-0.2, 0) is 4.79 Å². The number of carbonyl (C=O) groups excluding carboxylic acids is 1. The van der Waals surface area contributed by atoms with E-state index in [-0.39, 0.29) is 10.8 Å². The Bertz CT molecular complexity index is 242. The quantitative estimate of drug-likeness (QED) is 0.529. The highest BCUT2D eigenvalue weighted by Gasteiger charge is 1.96. The second-order valence-electron chi connectivity index (χ2n) is 1.56. The maximum absolute atomic E-state index is 12.4. The third kappa shape index (κ3) is 3.67. The average molecular weight is 286 g/mol. The Kier molecular flexibility index (Phi) is 5.41. The van der Waals surface area contributed by atoms with E-state index in [1.54, 1.807) is 12.1 Å². The smallest absolute Gasteiger partial charge is 0.141 e. The van der Waals surface area contributed by atoms with E-state index in [9.17, 15) is 4.39 Å². The van der Waals surface area contributed by atoms with E-state index in [0.29, 0.717) is 0 Å². The van der Waals surface area contributed by atoms with Gasteiger partial charge in [0.25, 0.3) is 0 Å². The number of benzene rings is 1. The Hall–Kier alpha value is -0.160. The summed E-state index contributed by atoms with van der Waals surface area (Å²) in [6.45, 7) is 2.00. The maximum Gasteiger partial charge on any atom is 0.141 e. The van der Waals surface area contributed by atoms with Gasteiger partial charge in [-0.3, -0.25) is 0 Å². The van der Waals surface area contributed by atoms with E-state index in [0.717, 1.165) is 3.57 Å². The summed E-state index contributed by atoms with van der Waals surface area (Å²) in [5.74, 6) is -0.364. The van der Waals surface area contributed by atoms with E-state index in [4.69, 9.17) is 16.4 Å². The maximum atomic E-state index is 12.4. The van der Waals surface area contributed by atoms with Crippen LogP contribution in [0.15, 0.2) is 18.2 Å². The van der Waals surface area contributed by atoms with E-state index in [2.05, 4.69) is 22.6 Å². The van der Waals surface area contributed by atoms with Crippen molar-refractivity contribution in [2.24, 2.45) is 0 Å². The van der Waals surface area contributed by atoms with Crippen molar-refractivity contribution in [1.82, 2.24) is 0 Å². The Labute approximate surface area is 82.7 Å². The van der Waals surface area contributed by atoms with Crippen LogP contribution in [0.4, 0.5) is 4.39 Å². The van der Waals surface area contributed by atoms with Gasteiger partial charge in [0, 0.05) is 3.57 Å². The molecule has 0 aromatic heterocycles. The molecular formula is C7H5ClFIO. The van der Waals surface area contributed by atoms with Gasteiger partial charge in [-0.05, 0) is 40.8 Å². The molecule has 0 fully saturated rings. The van der Waals surface area contributed by atoms with Gasteiger partial charge in [-0.1, -0.05) is 11.6 Å². The van der Waals surface area contributed by atoms with Crippen LogP contribution in [0.5, 0.6) is 0 Å². The highest BCUT2D eigenvalue weighted by molar-refractivity contribution is 14.1. The Morgan fingerprint density at radius 1 is 1.45 bits per heavy atom. The van der Waals surface area contributed by atoms with Gasteiger partial charge in [0.05, 0.1) is 5.02 Å². The second-order valence-corrected chi connectivity index (χ2v) is 3.21. The van der Waals surface area contributed by atoms with Crippen LogP contribution in [0.1, 0.15) is 0 Å². The largest absolute Gasteiger partial charge is 0.307 e. The zero-order valence-corrected chi connectivity index (χ0v) is 8.39. The predicted octanol–water partition coefficient (Wildman–Crippen LogP) is 2.90. The molecule has 0 unspecified atom stereocenters. The second kappa shape index (κ2) is 5.49. The number of hydrogen-bond acceptors (Lipinski definition) is 1. The zero-order chi connectivity index (χ0) is 8.85. The van der Waals surface area contributed by atoms with Crippen LogP contribution in [0, 0.1) is 9.39 Å². The summed E-state index contributed by atoms with van der Waals surface area (Å²) in [5.41, 5.74) is 0. The minimum atomic E-state index is -0.364. The lowest BCUT2D eigenvalue weighted by molar-refractivity contribution is -0.0979. The van der Waals surface area contributed by atoms with Crippen LogP contribution in [0.2, 0.25) is 5.02 Å². The molecule has 4 heteroatoms. The molecule has 0 amide bonds. The van der Waals surface area contributed by atoms with Crippen molar-refractivity contribution >= 4 is 41.0 Å². The Morgan fingerprint density at radius 2 is 2.00 bits per heavy atom. The lowest BCUT2D eigenvalue weighted by Crippen LogP contribution is -1.75. The third-order valence-electron chi connectivity index (χ3n) is 0.882. The fourth-order valence-corrected chi connectivity index (χ4v) is 1.33. The number of hydrogen-bond donors (Lipinski definition) is 0. The first-order valence-electron chi connectivity index (χ1n) is 2.59. The fraction of sp³-hybridized carbons (Fsp3) is 0. The summed E-state index contributed by atoms with van der Waals surface area (Å²) in [5, 5.41) is 0.182. The van der Waals surface area contributed by atoms with Crippen molar-refractivity contribution in [2.75, 3.05) is 0 Å². The van der Waals surface area contributed by atoms with E-state index in [1.807, 2.05) is 6.79 Å². The van der Waals surface area contributed by atoms with Crippen LogP contribution < -0.4 is 0 Å². The van der Waals surface area contributed by atoms with Gasteiger partial charge in [-0.2, -0.15) is 0 Å². The summed E-state index contributed by atoms with van der Waals surface area (Å²) in [6, 6.07) is 4.60. The predicted molar refractivity (Wildman–Crippen MR) is 51.2 cm³/mol. The standard InChI is InChI=1S/C6H3ClFI.CH2O/c7-5-3-4(9)1-2-6(5)8;1-2/h1-3H;1H2.